The zero-order valence-electron chi connectivity index (χ0n) is 25.7. The number of rotatable bonds is 14. The van der Waals surface area contributed by atoms with Crippen molar-refractivity contribution in [2.24, 2.45) is 5.73 Å². The van der Waals surface area contributed by atoms with Crippen molar-refractivity contribution < 1.29 is 28.6 Å². The number of anilines is 1. The van der Waals surface area contributed by atoms with Crippen LogP contribution in [0.25, 0.3) is 0 Å². The van der Waals surface area contributed by atoms with Crippen LogP contribution in [0, 0.1) is 0 Å². The lowest BCUT2D eigenvalue weighted by Crippen LogP contribution is -2.35. The number of ether oxygens (including phenoxy) is 3. The first kappa shape index (κ1) is 32.4. The zero-order valence-corrected chi connectivity index (χ0v) is 26.5. The Morgan fingerprint density at radius 3 is 2.41 bits per heavy atom. The molecule has 0 spiro atoms. The number of thioether (sulfide) groups is 1. The number of primary amides is 1. The molecule has 11 heteroatoms. The maximum absolute atomic E-state index is 13.8. The van der Waals surface area contributed by atoms with Crippen LogP contribution in [-0.4, -0.2) is 48.2 Å². The summed E-state index contributed by atoms with van der Waals surface area (Å²) in [5, 5.41) is 1.86. The number of pyridine rings is 1. The van der Waals surface area contributed by atoms with Crippen LogP contribution in [0.15, 0.2) is 91.1 Å². The number of nitrogens with zero attached hydrogens (tertiary/aromatic N) is 2. The summed E-state index contributed by atoms with van der Waals surface area (Å²) in [6.45, 7) is 3.25. The van der Waals surface area contributed by atoms with Crippen molar-refractivity contribution in [3.63, 3.8) is 0 Å². The van der Waals surface area contributed by atoms with Gasteiger partial charge in [0.1, 0.15) is 23.5 Å². The number of amides is 3. The molecule has 5 rings (SSSR count). The topological polar surface area (TPSA) is 133 Å². The molecular weight excluding hydrogens is 604 g/mol. The van der Waals surface area contributed by atoms with Crippen LogP contribution in [0.1, 0.15) is 45.8 Å². The molecule has 1 aliphatic rings. The Morgan fingerprint density at radius 2 is 1.74 bits per heavy atom. The van der Waals surface area contributed by atoms with Crippen molar-refractivity contribution in [1.29, 1.82) is 0 Å². The third-order valence-corrected chi connectivity index (χ3v) is 8.81. The molecule has 2 heterocycles. The number of carbonyl (C=O) groups is 3. The second kappa shape index (κ2) is 15.3. The number of hydrogen-bond acceptors (Lipinski definition) is 8. The Morgan fingerprint density at radius 1 is 0.957 bits per heavy atom. The Hall–Kier alpha value is -5.03. The van der Waals surface area contributed by atoms with Crippen molar-refractivity contribution in [1.82, 2.24) is 10.3 Å². The quantitative estimate of drug-likeness (QED) is 0.195. The van der Waals surface area contributed by atoms with E-state index in [2.05, 4.69) is 10.3 Å². The van der Waals surface area contributed by atoms with Gasteiger partial charge in [-0.25, -0.2) is 4.98 Å². The molecule has 4 aromatic rings. The van der Waals surface area contributed by atoms with E-state index in [1.165, 1.54) is 24.0 Å². The number of hydrogen-bond donors (Lipinski definition) is 2. The van der Waals surface area contributed by atoms with E-state index in [-0.39, 0.29) is 23.8 Å². The van der Waals surface area contributed by atoms with E-state index in [1.54, 1.807) is 18.1 Å². The lowest BCUT2D eigenvalue weighted by atomic mass is 10.1. The van der Waals surface area contributed by atoms with Crippen molar-refractivity contribution in [3.05, 3.63) is 113 Å². The van der Waals surface area contributed by atoms with Gasteiger partial charge in [0.25, 0.3) is 0 Å². The highest BCUT2D eigenvalue weighted by molar-refractivity contribution is 8.01. The highest BCUT2D eigenvalue weighted by Gasteiger charge is 2.43. The first-order chi connectivity index (χ1) is 22.4. The Kier molecular flexibility index (Phi) is 10.8. The zero-order chi connectivity index (χ0) is 32.5. The maximum Gasteiger partial charge on any atom is 0.250 e. The summed E-state index contributed by atoms with van der Waals surface area (Å²) in [4.78, 5) is 44.3. The van der Waals surface area contributed by atoms with Gasteiger partial charge in [-0.05, 0) is 66.4 Å². The summed E-state index contributed by atoms with van der Waals surface area (Å²) in [5.74, 6) is 1.28. The molecule has 2 atom stereocenters. The van der Waals surface area contributed by atoms with Gasteiger partial charge in [0.15, 0.2) is 11.5 Å². The normalized spacial score (nSPS) is 15.8. The largest absolute Gasteiger partial charge is 0.493 e. The van der Waals surface area contributed by atoms with Crippen LogP contribution in [-0.2, 0) is 22.6 Å². The Balaban J connectivity index is 1.26. The standard InChI is InChI=1S/C35H36N4O6S/c1-3-44-29-19-23(9-15-28(29)43-2)17-18-37-32(40)20-30-34(42)39(31-16-12-26(21-38-31)33(36)41)35(46-30)25-10-13-27(14-11-25)45-22-24-7-5-4-6-8-24/h4-16,19,21,30,35H,3,17-18,20,22H2,1-2H3,(H2,36,41)(H,37,40)/t30-,35+/m1/s1. The molecule has 3 N–H and O–H groups in total. The minimum atomic E-state index is -0.637. The van der Waals surface area contributed by atoms with Crippen LogP contribution in [0.3, 0.4) is 0 Å². The van der Waals surface area contributed by atoms with Crippen molar-refractivity contribution in [3.8, 4) is 17.2 Å². The van der Waals surface area contributed by atoms with Gasteiger partial charge in [0.2, 0.25) is 17.7 Å². The van der Waals surface area contributed by atoms with Gasteiger partial charge in [0, 0.05) is 19.2 Å². The molecule has 0 unspecified atom stereocenters. The lowest BCUT2D eigenvalue weighted by molar-refractivity contribution is -0.124. The predicted octanol–water partition coefficient (Wildman–Crippen LogP) is 5.06. The molecule has 1 fully saturated rings. The maximum atomic E-state index is 13.8. The third-order valence-electron chi connectivity index (χ3n) is 7.37. The van der Waals surface area contributed by atoms with Crippen LogP contribution in [0.2, 0.25) is 0 Å². The Bertz CT molecular complexity index is 1650. The molecule has 0 radical (unpaired) electrons. The molecule has 238 valence electrons. The van der Waals surface area contributed by atoms with Crippen molar-refractivity contribution in [2.45, 2.75) is 37.0 Å². The summed E-state index contributed by atoms with van der Waals surface area (Å²) >= 11 is 1.38. The van der Waals surface area contributed by atoms with Gasteiger partial charge in [0.05, 0.1) is 24.5 Å². The number of nitrogens with two attached hydrogens (primary N) is 1. The second-order valence-corrected chi connectivity index (χ2v) is 11.8. The fraction of sp³-hybridized carbons (Fsp3) is 0.257. The number of aromatic nitrogens is 1. The second-order valence-electron chi connectivity index (χ2n) is 10.5. The molecule has 0 aliphatic carbocycles. The molecule has 1 saturated heterocycles. The van der Waals surface area contributed by atoms with Gasteiger partial charge < -0.3 is 25.3 Å². The number of methoxy groups -OCH3 is 1. The molecule has 3 aromatic carbocycles. The van der Waals surface area contributed by atoms with Crippen LogP contribution in [0.5, 0.6) is 17.2 Å². The van der Waals surface area contributed by atoms with Crippen LogP contribution >= 0.6 is 11.8 Å². The molecule has 1 aromatic heterocycles. The highest BCUT2D eigenvalue weighted by atomic mass is 32.2. The minimum Gasteiger partial charge on any atom is -0.493 e. The summed E-state index contributed by atoms with van der Waals surface area (Å²) in [5.41, 5.74) is 8.52. The molecule has 0 saturated carbocycles. The van der Waals surface area contributed by atoms with E-state index in [1.807, 2.05) is 79.7 Å². The van der Waals surface area contributed by atoms with Gasteiger partial charge in [-0.2, -0.15) is 0 Å². The Labute approximate surface area is 272 Å². The molecule has 0 bridgehead atoms. The predicted molar refractivity (Wildman–Crippen MR) is 177 cm³/mol. The smallest absolute Gasteiger partial charge is 0.250 e. The van der Waals surface area contributed by atoms with E-state index in [4.69, 9.17) is 19.9 Å². The van der Waals surface area contributed by atoms with Gasteiger partial charge >= 0.3 is 0 Å². The summed E-state index contributed by atoms with van der Waals surface area (Å²) in [6.07, 6.45) is 1.94. The third kappa shape index (κ3) is 7.97. The summed E-state index contributed by atoms with van der Waals surface area (Å²) < 4.78 is 16.9. The fourth-order valence-electron chi connectivity index (χ4n) is 5.02. The molecular formula is C35H36N4O6S. The number of carbonyl (C=O) groups excluding carboxylic acids is 3. The van der Waals surface area contributed by atoms with Crippen molar-refractivity contribution in [2.75, 3.05) is 25.2 Å². The van der Waals surface area contributed by atoms with E-state index in [0.717, 1.165) is 16.7 Å². The fourth-order valence-corrected chi connectivity index (χ4v) is 6.45. The van der Waals surface area contributed by atoms with Gasteiger partial charge in [-0.15, -0.1) is 11.8 Å². The van der Waals surface area contributed by atoms with Crippen molar-refractivity contribution >= 4 is 35.3 Å². The average Bonchev–Trinajstić information content (AvgIpc) is 3.39. The van der Waals surface area contributed by atoms with Crippen LogP contribution in [0.4, 0.5) is 5.82 Å². The van der Waals surface area contributed by atoms with E-state index in [9.17, 15) is 14.4 Å². The summed E-state index contributed by atoms with van der Waals surface area (Å²) in [6, 6.07) is 26.2. The SMILES string of the molecule is CCOc1cc(CCNC(=O)C[C@H]2S[C@@H](c3ccc(OCc4ccccc4)cc3)N(c3ccc(C(N)=O)cn3)C2=O)ccc1OC. The van der Waals surface area contributed by atoms with Gasteiger partial charge in [-0.3, -0.25) is 19.3 Å². The monoisotopic (exact) mass is 640 g/mol. The van der Waals surface area contributed by atoms with E-state index in [0.29, 0.717) is 49.2 Å². The first-order valence-corrected chi connectivity index (χ1v) is 15.9. The molecule has 3 amide bonds. The highest BCUT2D eigenvalue weighted by Crippen LogP contribution is 2.46. The minimum absolute atomic E-state index is 0.000941. The lowest BCUT2D eigenvalue weighted by Gasteiger charge is -2.23. The summed E-state index contributed by atoms with van der Waals surface area (Å²) in [7, 11) is 1.59. The van der Waals surface area contributed by atoms with E-state index >= 15 is 0 Å². The molecule has 10 nitrogen and oxygen atoms in total. The number of benzene rings is 3. The number of nitrogens with one attached hydrogen (secondary N) is 1. The molecule has 46 heavy (non-hydrogen) atoms. The van der Waals surface area contributed by atoms with Crippen LogP contribution < -0.4 is 30.2 Å². The molecule has 1 aliphatic heterocycles. The van der Waals surface area contributed by atoms with Gasteiger partial charge in [-0.1, -0.05) is 48.5 Å². The first-order valence-electron chi connectivity index (χ1n) is 14.9. The average molecular weight is 641 g/mol. The van der Waals surface area contributed by atoms with E-state index < -0.39 is 16.5 Å².